The number of carbonyl (C=O) groups is 3. The summed E-state index contributed by atoms with van der Waals surface area (Å²) in [5, 5.41) is 23.7. The van der Waals surface area contributed by atoms with E-state index in [-0.39, 0.29) is 23.0 Å². The van der Waals surface area contributed by atoms with Crippen LogP contribution in [-0.4, -0.2) is 44.7 Å². The number of rotatable bonds is 8. The number of benzene rings is 1. The van der Waals surface area contributed by atoms with Crippen molar-refractivity contribution in [3.63, 3.8) is 0 Å². The van der Waals surface area contributed by atoms with Crippen molar-refractivity contribution in [3.05, 3.63) is 39.9 Å². The van der Waals surface area contributed by atoms with Gasteiger partial charge in [0.2, 0.25) is 5.43 Å². The van der Waals surface area contributed by atoms with Crippen molar-refractivity contribution in [1.29, 1.82) is 0 Å². The number of halogens is 1. The van der Waals surface area contributed by atoms with Gasteiger partial charge in [0.1, 0.15) is 17.4 Å². The lowest BCUT2D eigenvalue weighted by Crippen LogP contribution is -2.43. The van der Waals surface area contributed by atoms with Gasteiger partial charge in [-0.25, -0.2) is 9.18 Å². The van der Waals surface area contributed by atoms with Crippen LogP contribution < -0.4 is 16.1 Å². The van der Waals surface area contributed by atoms with E-state index in [9.17, 15) is 24.3 Å². The zero-order valence-corrected chi connectivity index (χ0v) is 19.4. The number of carbonyl (C=O) groups excluding carboxylic acids is 1. The summed E-state index contributed by atoms with van der Waals surface area (Å²) in [5.41, 5.74) is -0.235. The number of aliphatic carboxylic acids is 2. The van der Waals surface area contributed by atoms with Gasteiger partial charge in [0.05, 0.1) is 17.6 Å². The van der Waals surface area contributed by atoms with Crippen LogP contribution in [0.25, 0.3) is 10.9 Å². The predicted molar refractivity (Wildman–Crippen MR) is 127 cm³/mol. The van der Waals surface area contributed by atoms with E-state index in [1.54, 1.807) is 6.07 Å². The topological polar surface area (TPSA) is 138 Å². The molecular formula is C25H30FN3O6. The number of carboxylic acid groups (broad SMARTS) is 2. The quantitative estimate of drug-likeness (QED) is 0.446. The minimum absolute atomic E-state index is 0.00642. The minimum atomic E-state index is -1.70. The van der Waals surface area contributed by atoms with Gasteiger partial charge in [-0.2, -0.15) is 0 Å². The summed E-state index contributed by atoms with van der Waals surface area (Å²) in [4.78, 5) is 48.5. The van der Waals surface area contributed by atoms with Crippen LogP contribution in [0.2, 0.25) is 0 Å². The molecule has 188 valence electrons. The van der Waals surface area contributed by atoms with Crippen LogP contribution in [0, 0.1) is 5.82 Å². The Balaban J connectivity index is 1.76. The Hall–Kier alpha value is -3.43. The Morgan fingerprint density at radius 1 is 1.03 bits per heavy atom. The lowest BCUT2D eigenvalue weighted by atomic mass is 9.95. The van der Waals surface area contributed by atoms with Crippen LogP contribution in [0.1, 0.15) is 80.6 Å². The summed E-state index contributed by atoms with van der Waals surface area (Å²) in [6.07, 6.45) is 9.42. The lowest BCUT2D eigenvalue weighted by molar-refractivity contribution is -0.145. The molecule has 2 saturated carbocycles. The monoisotopic (exact) mass is 487 g/mol. The summed E-state index contributed by atoms with van der Waals surface area (Å²) < 4.78 is 16.9. The molecule has 0 radical (unpaired) electrons. The first kappa shape index (κ1) is 24.7. The van der Waals surface area contributed by atoms with E-state index in [2.05, 4.69) is 10.6 Å². The number of nitrogens with zero attached hydrogens (tertiary/aromatic N) is 1. The number of carboxylic acids is 2. The summed E-state index contributed by atoms with van der Waals surface area (Å²) in [6, 6.07) is 1.23. The molecule has 1 unspecified atom stereocenters. The zero-order chi connectivity index (χ0) is 25.1. The van der Waals surface area contributed by atoms with Crippen molar-refractivity contribution in [2.45, 2.75) is 82.3 Å². The molecule has 4 rings (SSSR count). The molecule has 2 aromatic rings. The number of nitrogens with one attached hydrogen (secondary N) is 2. The second-order valence-corrected chi connectivity index (χ2v) is 9.51. The zero-order valence-electron chi connectivity index (χ0n) is 19.4. The van der Waals surface area contributed by atoms with E-state index in [0.29, 0.717) is 11.2 Å². The molecule has 4 N–H and O–H groups in total. The molecule has 2 aliphatic rings. The number of hydrogen-bond donors (Lipinski definition) is 4. The summed E-state index contributed by atoms with van der Waals surface area (Å²) in [5.74, 6) is -4.52. The average molecular weight is 488 g/mol. The van der Waals surface area contributed by atoms with Gasteiger partial charge in [-0.1, -0.05) is 32.1 Å². The fraction of sp³-hybridized carbons (Fsp3) is 0.520. The van der Waals surface area contributed by atoms with Crippen LogP contribution in [0.4, 0.5) is 10.1 Å². The van der Waals surface area contributed by atoms with E-state index in [1.165, 1.54) is 12.6 Å². The number of hydrogen-bond acceptors (Lipinski definition) is 5. The Bertz CT molecular complexity index is 1200. The van der Waals surface area contributed by atoms with E-state index >= 15 is 4.39 Å². The van der Waals surface area contributed by atoms with Crippen molar-refractivity contribution in [3.8, 4) is 0 Å². The van der Waals surface area contributed by atoms with E-state index in [4.69, 9.17) is 5.11 Å². The predicted octanol–water partition coefficient (Wildman–Crippen LogP) is 3.66. The number of anilines is 1. The Labute approximate surface area is 201 Å². The first-order valence-electron chi connectivity index (χ1n) is 12.1. The summed E-state index contributed by atoms with van der Waals surface area (Å²) >= 11 is 0. The molecule has 1 aromatic heterocycles. The average Bonchev–Trinajstić information content (AvgIpc) is 3.35. The first-order chi connectivity index (χ1) is 16.7. The molecule has 1 heterocycles. The molecule has 2 aliphatic carbocycles. The Kier molecular flexibility index (Phi) is 7.37. The van der Waals surface area contributed by atoms with Gasteiger partial charge in [-0.15, -0.1) is 0 Å². The first-order valence-corrected chi connectivity index (χ1v) is 12.1. The third kappa shape index (κ3) is 5.47. The maximum atomic E-state index is 15.1. The molecule has 0 spiro atoms. The number of amides is 1. The maximum absolute atomic E-state index is 15.1. The van der Waals surface area contributed by atoms with Gasteiger partial charge in [-0.3, -0.25) is 14.4 Å². The number of aromatic nitrogens is 1. The highest BCUT2D eigenvalue weighted by Crippen LogP contribution is 2.34. The largest absolute Gasteiger partial charge is 0.481 e. The standard InChI is InChI=1S/C25H30FN3O6/c26-18-10-16-21(11-19(18)27-14-6-2-1-3-7-14)29(15-8-4-5-9-15)13-17(23(16)32)24(33)28-20(25(34)35)12-22(30)31/h10-11,13-15,20,27H,1-9,12H2,(H,28,33)(H,30,31)(H,34,35). The molecule has 2 fully saturated rings. The number of fused-ring (bicyclic) bond motifs is 1. The van der Waals surface area contributed by atoms with Gasteiger partial charge >= 0.3 is 11.9 Å². The van der Waals surface area contributed by atoms with Crippen LogP contribution in [0.15, 0.2) is 23.1 Å². The summed E-state index contributed by atoms with van der Waals surface area (Å²) in [7, 11) is 0. The third-order valence-corrected chi connectivity index (χ3v) is 7.03. The Morgan fingerprint density at radius 2 is 1.69 bits per heavy atom. The van der Waals surface area contributed by atoms with Crippen molar-refractivity contribution < 1.29 is 29.0 Å². The van der Waals surface area contributed by atoms with Crippen molar-refractivity contribution in [1.82, 2.24) is 9.88 Å². The second-order valence-electron chi connectivity index (χ2n) is 9.51. The molecule has 1 aromatic carbocycles. The SMILES string of the molecule is O=C(O)CC(NC(=O)c1cn(C2CCCC2)c2cc(NC3CCCCC3)c(F)cc2c1=O)C(=O)O. The second kappa shape index (κ2) is 10.5. The molecular weight excluding hydrogens is 457 g/mol. The lowest BCUT2D eigenvalue weighted by Gasteiger charge is -2.25. The highest BCUT2D eigenvalue weighted by Gasteiger charge is 2.28. The van der Waals surface area contributed by atoms with E-state index < -0.39 is 41.6 Å². The fourth-order valence-electron chi connectivity index (χ4n) is 5.20. The van der Waals surface area contributed by atoms with Crippen LogP contribution in [0.5, 0.6) is 0 Å². The highest BCUT2D eigenvalue weighted by molar-refractivity contribution is 6.00. The molecule has 0 aliphatic heterocycles. The summed E-state index contributed by atoms with van der Waals surface area (Å²) in [6.45, 7) is 0. The van der Waals surface area contributed by atoms with Gasteiger partial charge in [0.25, 0.3) is 5.91 Å². The van der Waals surface area contributed by atoms with E-state index in [1.807, 2.05) is 4.57 Å². The van der Waals surface area contributed by atoms with Crippen molar-refractivity contribution in [2.75, 3.05) is 5.32 Å². The Morgan fingerprint density at radius 3 is 2.31 bits per heavy atom. The molecule has 0 saturated heterocycles. The van der Waals surface area contributed by atoms with Crippen molar-refractivity contribution in [2.24, 2.45) is 0 Å². The molecule has 9 nitrogen and oxygen atoms in total. The number of pyridine rings is 1. The fourth-order valence-corrected chi connectivity index (χ4v) is 5.20. The van der Waals surface area contributed by atoms with E-state index in [0.717, 1.165) is 57.4 Å². The van der Waals surface area contributed by atoms with Crippen LogP contribution in [-0.2, 0) is 9.59 Å². The third-order valence-electron chi connectivity index (χ3n) is 7.03. The normalized spacial score (nSPS) is 17.9. The molecule has 0 bridgehead atoms. The van der Waals surface area contributed by atoms with Gasteiger partial charge in [0, 0.05) is 23.7 Å². The van der Waals surface area contributed by atoms with Gasteiger partial charge in [-0.05, 0) is 37.8 Å². The molecule has 1 amide bonds. The minimum Gasteiger partial charge on any atom is -0.481 e. The smallest absolute Gasteiger partial charge is 0.326 e. The maximum Gasteiger partial charge on any atom is 0.326 e. The molecule has 10 heteroatoms. The molecule has 35 heavy (non-hydrogen) atoms. The van der Waals surface area contributed by atoms with Gasteiger partial charge in [0.15, 0.2) is 0 Å². The van der Waals surface area contributed by atoms with Crippen molar-refractivity contribution >= 4 is 34.4 Å². The van der Waals surface area contributed by atoms with Gasteiger partial charge < -0.3 is 25.4 Å². The van der Waals surface area contributed by atoms with Crippen LogP contribution >= 0.6 is 0 Å². The molecule has 1 atom stereocenters. The van der Waals surface area contributed by atoms with Crippen LogP contribution in [0.3, 0.4) is 0 Å². The highest BCUT2D eigenvalue weighted by atomic mass is 19.1.